The van der Waals surface area contributed by atoms with Gasteiger partial charge in [0.1, 0.15) is 11.5 Å². The van der Waals surface area contributed by atoms with Gasteiger partial charge in [0.05, 0.1) is 18.3 Å². The average molecular weight is 459 g/mol. The van der Waals surface area contributed by atoms with Crippen molar-refractivity contribution >= 4 is 41.1 Å². The number of hydrogen-bond acceptors (Lipinski definition) is 7. The number of nitrogens with one attached hydrogen (secondary N) is 2. The first-order valence-electron chi connectivity index (χ1n) is 10.5. The second kappa shape index (κ2) is 8.79. The molecule has 1 saturated heterocycles. The first kappa shape index (κ1) is 22.1. The summed E-state index contributed by atoms with van der Waals surface area (Å²) < 4.78 is 6.87. The molecule has 3 aromatic rings. The van der Waals surface area contributed by atoms with Gasteiger partial charge in [-0.3, -0.25) is 4.90 Å². The van der Waals surface area contributed by atoms with Gasteiger partial charge in [-0.1, -0.05) is 0 Å². The summed E-state index contributed by atoms with van der Waals surface area (Å²) in [5, 5.41) is 15.1. The lowest BCUT2D eigenvalue weighted by Gasteiger charge is -2.34. The maximum Gasteiger partial charge on any atom is 0.327 e. The molecule has 0 saturated carbocycles. The Morgan fingerprint density at radius 2 is 2.12 bits per heavy atom. The number of carbonyl (C=O) groups is 1. The van der Waals surface area contributed by atoms with Gasteiger partial charge in [0.15, 0.2) is 0 Å². The molecule has 170 valence electrons. The Hall–Kier alpha value is -3.11. The molecular weight excluding hydrogens is 432 g/mol. The van der Waals surface area contributed by atoms with Crippen LogP contribution in [0, 0.1) is 6.92 Å². The van der Waals surface area contributed by atoms with Crippen molar-refractivity contribution in [3.63, 3.8) is 0 Å². The summed E-state index contributed by atoms with van der Waals surface area (Å²) in [6.07, 6.45) is 2.57. The highest BCUT2D eigenvalue weighted by Crippen LogP contribution is 2.35. The van der Waals surface area contributed by atoms with Crippen LogP contribution in [-0.4, -0.2) is 65.2 Å². The van der Waals surface area contributed by atoms with Gasteiger partial charge in [0.2, 0.25) is 0 Å². The maximum atomic E-state index is 13.2. The van der Waals surface area contributed by atoms with Crippen LogP contribution in [0.2, 0.25) is 0 Å². The second-order valence-corrected chi connectivity index (χ2v) is 8.03. The van der Waals surface area contributed by atoms with Crippen molar-refractivity contribution in [2.24, 2.45) is 0 Å². The Morgan fingerprint density at radius 3 is 2.91 bits per heavy atom. The third kappa shape index (κ3) is 3.91. The van der Waals surface area contributed by atoms with Crippen LogP contribution in [0.4, 0.5) is 22.0 Å². The fourth-order valence-electron chi connectivity index (χ4n) is 4.38. The van der Waals surface area contributed by atoms with E-state index in [-0.39, 0.29) is 18.4 Å². The number of urea groups is 1. The Kier molecular flexibility index (Phi) is 6.07. The molecule has 32 heavy (non-hydrogen) atoms. The SMILES string of the molecule is COc1nn2nc(C)cc2cc1NC(=O)N1CCc2c(N3CCN[C@@H](C)C3)ccnc21.Cl. The molecule has 0 spiro atoms. The van der Waals surface area contributed by atoms with Crippen molar-refractivity contribution in [1.82, 2.24) is 25.1 Å². The number of halogens is 1. The minimum absolute atomic E-state index is 0. The normalized spacial score (nSPS) is 17.8. The molecule has 5 rings (SSSR count). The number of anilines is 3. The Labute approximate surface area is 192 Å². The highest BCUT2D eigenvalue weighted by Gasteiger charge is 2.31. The summed E-state index contributed by atoms with van der Waals surface area (Å²) in [6.45, 7) is 7.50. The largest absolute Gasteiger partial charge is 0.478 e. The second-order valence-electron chi connectivity index (χ2n) is 8.03. The zero-order valence-corrected chi connectivity index (χ0v) is 19.1. The van der Waals surface area contributed by atoms with Gasteiger partial charge in [-0.05, 0) is 38.5 Å². The van der Waals surface area contributed by atoms with Crippen LogP contribution in [0.3, 0.4) is 0 Å². The van der Waals surface area contributed by atoms with E-state index in [0.29, 0.717) is 24.2 Å². The molecule has 0 aromatic carbocycles. The number of amides is 2. The molecule has 2 aliphatic rings. The third-order valence-electron chi connectivity index (χ3n) is 5.79. The van der Waals surface area contributed by atoms with E-state index in [2.05, 4.69) is 43.7 Å². The Morgan fingerprint density at radius 1 is 1.28 bits per heavy atom. The topological polar surface area (TPSA) is 99.9 Å². The summed E-state index contributed by atoms with van der Waals surface area (Å²) in [6, 6.07) is 5.95. The van der Waals surface area contributed by atoms with Gasteiger partial charge in [-0.15, -0.1) is 22.1 Å². The minimum Gasteiger partial charge on any atom is -0.478 e. The zero-order valence-electron chi connectivity index (χ0n) is 18.3. The highest BCUT2D eigenvalue weighted by atomic mass is 35.5. The van der Waals surface area contributed by atoms with E-state index in [4.69, 9.17) is 4.74 Å². The predicted octanol–water partition coefficient (Wildman–Crippen LogP) is 2.26. The number of ether oxygens (including phenoxy) is 1. The smallest absolute Gasteiger partial charge is 0.327 e. The first-order valence-corrected chi connectivity index (χ1v) is 10.5. The summed E-state index contributed by atoms with van der Waals surface area (Å²) in [7, 11) is 1.52. The molecule has 2 aliphatic heterocycles. The maximum absolute atomic E-state index is 13.2. The van der Waals surface area contributed by atoms with E-state index in [0.717, 1.165) is 48.6 Å². The van der Waals surface area contributed by atoms with Crippen LogP contribution in [0.25, 0.3) is 5.52 Å². The third-order valence-corrected chi connectivity index (χ3v) is 5.79. The number of aromatic nitrogens is 4. The number of methoxy groups -OCH3 is 1. The molecule has 10 nitrogen and oxygen atoms in total. The van der Waals surface area contributed by atoms with Crippen LogP contribution < -0.4 is 25.2 Å². The van der Waals surface area contributed by atoms with Crippen LogP contribution >= 0.6 is 12.4 Å². The van der Waals surface area contributed by atoms with Crippen molar-refractivity contribution < 1.29 is 9.53 Å². The van der Waals surface area contributed by atoms with Gasteiger partial charge in [-0.2, -0.15) is 5.10 Å². The monoisotopic (exact) mass is 458 g/mol. The molecule has 0 unspecified atom stereocenters. The van der Waals surface area contributed by atoms with Gasteiger partial charge >= 0.3 is 6.03 Å². The van der Waals surface area contributed by atoms with Crippen LogP contribution in [0.15, 0.2) is 24.4 Å². The molecule has 2 N–H and O–H groups in total. The van der Waals surface area contributed by atoms with E-state index >= 15 is 0 Å². The van der Waals surface area contributed by atoms with Crippen molar-refractivity contribution in [3.8, 4) is 5.88 Å². The van der Waals surface area contributed by atoms with Crippen molar-refractivity contribution in [2.75, 3.05) is 48.4 Å². The molecule has 0 aliphatic carbocycles. The first-order chi connectivity index (χ1) is 15.0. The van der Waals surface area contributed by atoms with E-state index < -0.39 is 0 Å². The fraction of sp³-hybridized carbons (Fsp3) is 0.429. The number of carbonyl (C=O) groups excluding carboxylic acids is 1. The fourth-order valence-corrected chi connectivity index (χ4v) is 4.38. The lowest BCUT2D eigenvalue weighted by atomic mass is 10.1. The summed E-state index contributed by atoms with van der Waals surface area (Å²) in [5.74, 6) is 1.02. The average Bonchev–Trinajstić information content (AvgIpc) is 3.35. The van der Waals surface area contributed by atoms with Crippen LogP contribution in [0.5, 0.6) is 5.88 Å². The van der Waals surface area contributed by atoms with E-state index in [1.54, 1.807) is 11.1 Å². The summed E-state index contributed by atoms with van der Waals surface area (Å²) in [4.78, 5) is 21.8. The molecular formula is C21H27ClN8O2. The van der Waals surface area contributed by atoms with Gasteiger partial charge < -0.3 is 20.3 Å². The van der Waals surface area contributed by atoms with Crippen molar-refractivity contribution in [3.05, 3.63) is 35.7 Å². The zero-order chi connectivity index (χ0) is 21.5. The Bertz CT molecular complexity index is 1150. The number of hydrogen-bond donors (Lipinski definition) is 2. The van der Waals surface area contributed by atoms with E-state index in [1.807, 2.05) is 19.1 Å². The van der Waals surface area contributed by atoms with Crippen LogP contribution in [-0.2, 0) is 6.42 Å². The van der Waals surface area contributed by atoms with E-state index in [1.165, 1.54) is 17.4 Å². The van der Waals surface area contributed by atoms with Gasteiger partial charge in [0, 0.05) is 49.7 Å². The Balaban J connectivity index is 0.00000245. The molecule has 3 aromatic heterocycles. The molecule has 1 fully saturated rings. The van der Waals surface area contributed by atoms with Gasteiger partial charge in [0.25, 0.3) is 5.88 Å². The van der Waals surface area contributed by atoms with Crippen molar-refractivity contribution in [1.29, 1.82) is 0 Å². The molecule has 2 amide bonds. The molecule has 1 atom stereocenters. The molecule has 5 heterocycles. The lowest BCUT2D eigenvalue weighted by molar-refractivity contribution is 0.257. The minimum atomic E-state index is -0.252. The summed E-state index contributed by atoms with van der Waals surface area (Å²) >= 11 is 0. The number of piperazine rings is 1. The number of nitrogens with zero attached hydrogens (tertiary/aromatic N) is 6. The number of pyridine rings is 1. The van der Waals surface area contributed by atoms with Crippen molar-refractivity contribution in [2.45, 2.75) is 26.3 Å². The number of fused-ring (bicyclic) bond motifs is 2. The molecule has 0 bridgehead atoms. The highest BCUT2D eigenvalue weighted by molar-refractivity contribution is 6.03. The number of aryl methyl sites for hydroxylation is 1. The van der Waals surface area contributed by atoms with E-state index in [9.17, 15) is 4.79 Å². The summed E-state index contributed by atoms with van der Waals surface area (Å²) in [5.41, 5.74) is 4.41. The molecule has 11 heteroatoms. The lowest BCUT2D eigenvalue weighted by Crippen LogP contribution is -2.49. The quantitative estimate of drug-likeness (QED) is 0.620. The predicted molar refractivity (Wildman–Crippen MR) is 126 cm³/mol. The molecule has 0 radical (unpaired) electrons. The van der Waals surface area contributed by atoms with Crippen LogP contribution in [0.1, 0.15) is 18.2 Å². The number of rotatable bonds is 3. The van der Waals surface area contributed by atoms with Gasteiger partial charge in [-0.25, -0.2) is 9.78 Å². The standard InChI is InChI=1S/C21H26N8O2.ClH/c1-13-10-15-11-17(20(31-3)26-29(15)25-13)24-21(30)28-8-5-16-18(4-6-23-19(16)28)27-9-7-22-14(2)12-27;/h4,6,10-11,14,22H,5,7-9,12H2,1-3H3,(H,24,30);1H/t14-;/m0./s1.